The largest absolute Gasteiger partial charge is 0.317 e. The van der Waals surface area contributed by atoms with E-state index in [1.807, 2.05) is 0 Å². The first-order valence-corrected chi connectivity index (χ1v) is 6.88. The summed E-state index contributed by atoms with van der Waals surface area (Å²) in [6, 6.07) is 0.910. The number of hydrogen-bond donors (Lipinski definition) is 1. The Morgan fingerprint density at radius 2 is 1.53 bits per heavy atom. The van der Waals surface area contributed by atoms with Crippen LogP contribution in [0.3, 0.4) is 0 Å². The summed E-state index contributed by atoms with van der Waals surface area (Å²) in [6.45, 7) is 5.30. The summed E-state index contributed by atoms with van der Waals surface area (Å²) >= 11 is 0. The van der Waals surface area contributed by atoms with Crippen LogP contribution in [0.4, 0.5) is 0 Å². The van der Waals surface area contributed by atoms with Crippen LogP contribution >= 0.6 is 24.8 Å². The highest BCUT2D eigenvalue weighted by atomic mass is 35.5. The zero-order chi connectivity index (χ0) is 10.1. The van der Waals surface area contributed by atoms with Crippen molar-refractivity contribution in [2.24, 2.45) is 11.8 Å². The van der Waals surface area contributed by atoms with Crippen molar-refractivity contribution in [2.75, 3.05) is 26.2 Å². The molecule has 0 aromatic heterocycles. The number of likely N-dealkylation sites (tertiary alicyclic amines) is 1. The second-order valence-electron chi connectivity index (χ2n) is 5.72. The lowest BCUT2D eigenvalue weighted by atomic mass is 9.91. The minimum Gasteiger partial charge on any atom is -0.317 e. The Morgan fingerprint density at radius 1 is 0.824 bits per heavy atom. The van der Waals surface area contributed by atoms with Crippen molar-refractivity contribution < 1.29 is 0 Å². The molecule has 1 saturated carbocycles. The molecule has 2 heterocycles. The Morgan fingerprint density at radius 3 is 2.18 bits per heavy atom. The summed E-state index contributed by atoms with van der Waals surface area (Å²) in [5.41, 5.74) is 0. The highest BCUT2D eigenvalue weighted by Crippen LogP contribution is 2.41. The first kappa shape index (κ1) is 15.6. The zero-order valence-corrected chi connectivity index (χ0v) is 12.2. The standard InChI is InChI=1S/C13H24N2.2ClH/c1-2-12(11-3-4-11)10-15(9-1)13-5-7-14-8-6-13;;/h11-14H,1-10H2;2*1H. The highest BCUT2D eigenvalue weighted by Gasteiger charge is 2.35. The number of rotatable bonds is 2. The van der Waals surface area contributed by atoms with Gasteiger partial charge in [-0.3, -0.25) is 0 Å². The van der Waals surface area contributed by atoms with Crippen LogP contribution in [-0.4, -0.2) is 37.1 Å². The van der Waals surface area contributed by atoms with Gasteiger partial charge >= 0.3 is 0 Å². The van der Waals surface area contributed by atoms with Crippen molar-refractivity contribution in [3.05, 3.63) is 0 Å². The van der Waals surface area contributed by atoms with Crippen LogP contribution in [0, 0.1) is 11.8 Å². The molecule has 2 aliphatic heterocycles. The van der Waals surface area contributed by atoms with E-state index in [0.717, 1.165) is 17.9 Å². The molecule has 17 heavy (non-hydrogen) atoms. The van der Waals surface area contributed by atoms with Crippen LogP contribution < -0.4 is 5.32 Å². The van der Waals surface area contributed by atoms with E-state index in [1.54, 1.807) is 0 Å². The van der Waals surface area contributed by atoms with Gasteiger partial charge in [0.2, 0.25) is 0 Å². The predicted octanol–water partition coefficient (Wildman–Crippen LogP) is 2.70. The quantitative estimate of drug-likeness (QED) is 0.837. The van der Waals surface area contributed by atoms with Gasteiger partial charge in [-0.05, 0) is 70.0 Å². The van der Waals surface area contributed by atoms with E-state index < -0.39 is 0 Å². The van der Waals surface area contributed by atoms with Crippen molar-refractivity contribution in [3.63, 3.8) is 0 Å². The first-order valence-electron chi connectivity index (χ1n) is 6.88. The van der Waals surface area contributed by atoms with E-state index in [9.17, 15) is 0 Å². The second-order valence-corrected chi connectivity index (χ2v) is 5.72. The SMILES string of the molecule is C1CC(C2CC2)CN(C2CCNCC2)C1.Cl.Cl. The summed E-state index contributed by atoms with van der Waals surface area (Å²) in [6.07, 6.45) is 8.82. The fraction of sp³-hybridized carbons (Fsp3) is 1.00. The van der Waals surface area contributed by atoms with Gasteiger partial charge in [-0.25, -0.2) is 0 Å². The topological polar surface area (TPSA) is 15.3 Å². The van der Waals surface area contributed by atoms with E-state index in [-0.39, 0.29) is 24.8 Å². The maximum absolute atomic E-state index is 3.47. The fourth-order valence-electron chi connectivity index (χ4n) is 3.50. The first-order chi connectivity index (χ1) is 7.43. The van der Waals surface area contributed by atoms with Gasteiger partial charge in [-0.1, -0.05) is 0 Å². The average Bonchev–Trinajstić information content (AvgIpc) is 3.14. The molecule has 0 radical (unpaired) electrons. The van der Waals surface area contributed by atoms with Gasteiger partial charge in [-0.15, -0.1) is 24.8 Å². The third-order valence-electron chi connectivity index (χ3n) is 4.60. The second kappa shape index (κ2) is 7.18. The van der Waals surface area contributed by atoms with Gasteiger partial charge in [0.1, 0.15) is 0 Å². The highest BCUT2D eigenvalue weighted by molar-refractivity contribution is 5.85. The number of halogens is 2. The number of nitrogens with one attached hydrogen (secondary N) is 1. The third kappa shape index (κ3) is 3.99. The third-order valence-corrected chi connectivity index (χ3v) is 4.60. The van der Waals surface area contributed by atoms with Crippen LogP contribution in [-0.2, 0) is 0 Å². The summed E-state index contributed by atoms with van der Waals surface area (Å²) in [5.74, 6) is 2.18. The molecule has 3 aliphatic rings. The molecule has 2 saturated heterocycles. The summed E-state index contributed by atoms with van der Waals surface area (Å²) in [7, 11) is 0. The molecule has 4 heteroatoms. The summed E-state index contributed by atoms with van der Waals surface area (Å²) in [5, 5.41) is 3.47. The van der Waals surface area contributed by atoms with Crippen molar-refractivity contribution in [2.45, 2.75) is 44.6 Å². The molecule has 1 unspecified atom stereocenters. The molecule has 3 fully saturated rings. The van der Waals surface area contributed by atoms with Gasteiger partial charge < -0.3 is 10.2 Å². The number of hydrogen-bond acceptors (Lipinski definition) is 2. The Balaban J connectivity index is 0.000000722. The van der Waals surface area contributed by atoms with Crippen LogP contribution in [0.1, 0.15) is 38.5 Å². The van der Waals surface area contributed by atoms with Crippen LogP contribution in [0.25, 0.3) is 0 Å². The molecule has 2 nitrogen and oxygen atoms in total. The lowest BCUT2D eigenvalue weighted by molar-refractivity contribution is 0.0948. The monoisotopic (exact) mass is 280 g/mol. The molecular formula is C13H26Cl2N2. The summed E-state index contributed by atoms with van der Waals surface area (Å²) in [4.78, 5) is 2.81. The Labute approximate surface area is 118 Å². The molecule has 102 valence electrons. The van der Waals surface area contributed by atoms with E-state index in [0.29, 0.717) is 0 Å². The van der Waals surface area contributed by atoms with Crippen LogP contribution in [0.2, 0.25) is 0 Å². The molecule has 1 N–H and O–H groups in total. The molecule has 1 atom stereocenters. The van der Waals surface area contributed by atoms with Gasteiger partial charge in [0, 0.05) is 12.6 Å². The maximum Gasteiger partial charge on any atom is 0.0119 e. The van der Waals surface area contributed by atoms with E-state index in [2.05, 4.69) is 10.2 Å². The lowest BCUT2D eigenvalue weighted by Gasteiger charge is -2.40. The van der Waals surface area contributed by atoms with Crippen molar-refractivity contribution >= 4 is 24.8 Å². The normalized spacial score (nSPS) is 31.4. The smallest absolute Gasteiger partial charge is 0.0119 e. The Kier molecular flexibility index (Phi) is 6.57. The minimum absolute atomic E-state index is 0. The molecular weight excluding hydrogens is 255 g/mol. The molecule has 0 spiro atoms. The minimum atomic E-state index is 0. The fourth-order valence-corrected chi connectivity index (χ4v) is 3.50. The molecule has 0 aromatic rings. The molecule has 0 aromatic carbocycles. The predicted molar refractivity (Wildman–Crippen MR) is 77.4 cm³/mol. The molecule has 0 bridgehead atoms. The van der Waals surface area contributed by atoms with Gasteiger partial charge in [-0.2, -0.15) is 0 Å². The van der Waals surface area contributed by atoms with Crippen molar-refractivity contribution in [3.8, 4) is 0 Å². The van der Waals surface area contributed by atoms with Gasteiger partial charge in [0.05, 0.1) is 0 Å². The number of piperidine rings is 2. The van der Waals surface area contributed by atoms with E-state index in [4.69, 9.17) is 0 Å². The maximum atomic E-state index is 3.47. The van der Waals surface area contributed by atoms with Gasteiger partial charge in [0.25, 0.3) is 0 Å². The zero-order valence-electron chi connectivity index (χ0n) is 10.6. The molecule has 3 rings (SSSR count). The number of nitrogens with zero attached hydrogens (tertiary/aromatic N) is 1. The van der Waals surface area contributed by atoms with Crippen LogP contribution in [0.15, 0.2) is 0 Å². The van der Waals surface area contributed by atoms with Crippen molar-refractivity contribution in [1.29, 1.82) is 0 Å². The Hall–Kier alpha value is 0.500. The Bertz CT molecular complexity index is 215. The lowest BCUT2D eigenvalue weighted by Crippen LogP contribution is -2.47. The van der Waals surface area contributed by atoms with Crippen LogP contribution in [0.5, 0.6) is 0 Å². The summed E-state index contributed by atoms with van der Waals surface area (Å²) < 4.78 is 0. The van der Waals surface area contributed by atoms with E-state index in [1.165, 1.54) is 64.7 Å². The molecule has 1 aliphatic carbocycles. The van der Waals surface area contributed by atoms with Crippen molar-refractivity contribution in [1.82, 2.24) is 10.2 Å². The van der Waals surface area contributed by atoms with E-state index >= 15 is 0 Å². The van der Waals surface area contributed by atoms with Gasteiger partial charge in [0.15, 0.2) is 0 Å². The molecule has 0 amide bonds. The average molecular weight is 281 g/mol.